The molecule has 1 aromatic heterocycles. The molecule has 0 radical (unpaired) electrons. The third-order valence-corrected chi connectivity index (χ3v) is 11.6. The number of phenolic OH excluding ortho intramolecular Hbond substituents is 1. The number of aliphatic carboxylic acids is 1. The number of halogens is 3. The average molecular weight is 753 g/mol. The molecular formula is C38H40Cl2FN5O6. The van der Waals surface area contributed by atoms with Gasteiger partial charge >= 0.3 is 5.97 Å². The number of aromatic hydroxyl groups is 1. The summed E-state index contributed by atoms with van der Waals surface area (Å²) in [7, 11) is 1.83. The van der Waals surface area contributed by atoms with E-state index in [-0.39, 0.29) is 53.0 Å². The Bertz CT molecular complexity index is 2070. The Morgan fingerprint density at radius 2 is 1.88 bits per heavy atom. The van der Waals surface area contributed by atoms with E-state index in [0.717, 1.165) is 47.5 Å². The minimum atomic E-state index is -1.14. The zero-order valence-corrected chi connectivity index (χ0v) is 30.3. The van der Waals surface area contributed by atoms with Gasteiger partial charge in [-0.05, 0) is 61.8 Å². The number of aliphatic hydroxyl groups excluding tert-OH is 1. The van der Waals surface area contributed by atoms with Crippen LogP contribution < -0.4 is 15.4 Å². The highest BCUT2D eigenvalue weighted by Crippen LogP contribution is 2.45. The molecule has 4 aromatic rings. The van der Waals surface area contributed by atoms with Crippen LogP contribution in [-0.4, -0.2) is 66.4 Å². The van der Waals surface area contributed by atoms with Crippen LogP contribution in [0.3, 0.4) is 0 Å². The van der Waals surface area contributed by atoms with Crippen LogP contribution in [0, 0.1) is 5.82 Å². The number of aliphatic hydroxyl groups is 1. The Kier molecular flexibility index (Phi) is 9.96. The zero-order chi connectivity index (χ0) is 36.9. The lowest BCUT2D eigenvalue weighted by molar-refractivity contribution is -0.148. The molecule has 1 amide bonds. The van der Waals surface area contributed by atoms with Crippen molar-refractivity contribution in [1.82, 2.24) is 19.8 Å². The van der Waals surface area contributed by atoms with Gasteiger partial charge in [0.15, 0.2) is 11.6 Å². The standard InChI is InChI=1S/C38H40Cl2FN5O6/c1-20(19-47)46-15-12-28-27(18-46)43-35(45(28)2)36(49)44-26-9-4-8-24(32(26)39)21-6-3-7-23-22(21)10-11-30(23)52-31-16-29(48)25(34(41)33(31)40)17-42-38(37(50)51)13-5-14-38/h3-4,6-9,16,20,30,42,47-48H,5,10-15,17-19H2,1-2H3,(H,44,49)(H,50,51). The van der Waals surface area contributed by atoms with Crippen LogP contribution >= 0.6 is 23.2 Å². The predicted molar refractivity (Wildman–Crippen MR) is 195 cm³/mol. The van der Waals surface area contributed by atoms with E-state index >= 15 is 4.39 Å². The van der Waals surface area contributed by atoms with Crippen LogP contribution in [0.1, 0.15) is 77.4 Å². The smallest absolute Gasteiger partial charge is 0.323 e. The fourth-order valence-electron chi connectivity index (χ4n) is 7.54. The molecule has 0 spiro atoms. The van der Waals surface area contributed by atoms with E-state index in [1.807, 2.05) is 48.9 Å². The second kappa shape index (κ2) is 14.3. The van der Waals surface area contributed by atoms with Crippen LogP contribution in [-0.2, 0) is 37.8 Å². The average Bonchev–Trinajstić information content (AvgIpc) is 3.68. The van der Waals surface area contributed by atoms with Gasteiger partial charge in [0.25, 0.3) is 5.91 Å². The summed E-state index contributed by atoms with van der Waals surface area (Å²) >= 11 is 13.4. The topological polar surface area (TPSA) is 149 Å². The number of amides is 1. The van der Waals surface area contributed by atoms with Gasteiger partial charge in [-0.2, -0.15) is 0 Å². The van der Waals surface area contributed by atoms with Crippen molar-refractivity contribution in [3.63, 3.8) is 0 Å². The van der Waals surface area contributed by atoms with Crippen LogP contribution in [0.15, 0.2) is 42.5 Å². The summed E-state index contributed by atoms with van der Waals surface area (Å²) in [5.74, 6) is -2.39. The lowest BCUT2D eigenvalue weighted by Gasteiger charge is -2.38. The molecule has 274 valence electrons. The maximum absolute atomic E-state index is 15.5. The van der Waals surface area contributed by atoms with Gasteiger partial charge in [0.1, 0.15) is 28.2 Å². The van der Waals surface area contributed by atoms with Crippen molar-refractivity contribution >= 4 is 40.8 Å². The number of carbonyl (C=O) groups excluding carboxylic acids is 1. The Hall–Kier alpha value is -4.20. The minimum Gasteiger partial charge on any atom is -0.507 e. The number of nitrogens with zero attached hydrogens (tertiary/aromatic N) is 3. The molecule has 0 saturated heterocycles. The van der Waals surface area contributed by atoms with Crippen molar-refractivity contribution in [3.8, 4) is 22.6 Å². The Morgan fingerprint density at radius 3 is 2.60 bits per heavy atom. The summed E-state index contributed by atoms with van der Waals surface area (Å²) in [6.07, 6.45) is 3.00. The Labute approximate surface area is 310 Å². The quantitative estimate of drug-likeness (QED) is 0.118. The maximum atomic E-state index is 15.5. The monoisotopic (exact) mass is 751 g/mol. The number of ether oxygens (including phenoxy) is 1. The maximum Gasteiger partial charge on any atom is 0.323 e. The second-order valence-electron chi connectivity index (χ2n) is 13.9. The van der Waals surface area contributed by atoms with Crippen molar-refractivity contribution < 1.29 is 34.0 Å². The third-order valence-electron chi connectivity index (χ3n) is 10.9. The molecule has 2 atom stereocenters. The third kappa shape index (κ3) is 6.40. The number of hydrogen-bond acceptors (Lipinski definition) is 8. The van der Waals surface area contributed by atoms with Gasteiger partial charge in [-0.3, -0.25) is 19.8 Å². The van der Waals surface area contributed by atoms with Crippen molar-refractivity contribution in [2.75, 3.05) is 18.5 Å². The van der Waals surface area contributed by atoms with Crippen molar-refractivity contribution in [2.45, 2.75) is 76.2 Å². The highest BCUT2D eigenvalue weighted by atomic mass is 35.5. The van der Waals surface area contributed by atoms with Crippen LogP contribution in [0.25, 0.3) is 11.1 Å². The first-order chi connectivity index (χ1) is 24.9. The summed E-state index contributed by atoms with van der Waals surface area (Å²) in [5.41, 5.74) is 4.41. The number of imidazole rings is 1. The number of carboxylic acids is 1. The van der Waals surface area contributed by atoms with Gasteiger partial charge < -0.3 is 29.9 Å². The molecule has 11 nitrogen and oxygen atoms in total. The number of nitrogens with one attached hydrogen (secondary N) is 2. The van der Waals surface area contributed by atoms with Crippen LogP contribution in [0.2, 0.25) is 10.0 Å². The number of carbonyl (C=O) groups is 2. The number of anilines is 1. The summed E-state index contributed by atoms with van der Waals surface area (Å²) in [6, 6.07) is 12.5. The molecule has 7 rings (SSSR count). The van der Waals surface area contributed by atoms with Gasteiger partial charge in [-0.15, -0.1) is 0 Å². The van der Waals surface area contributed by atoms with E-state index < -0.39 is 23.4 Å². The number of phenols is 1. The van der Waals surface area contributed by atoms with E-state index in [2.05, 4.69) is 20.5 Å². The normalized spacial score (nSPS) is 18.3. The molecule has 2 unspecified atom stereocenters. The molecule has 3 aromatic carbocycles. The highest BCUT2D eigenvalue weighted by Gasteiger charge is 2.44. The first-order valence-corrected chi connectivity index (χ1v) is 18.1. The molecular weight excluding hydrogens is 712 g/mol. The largest absolute Gasteiger partial charge is 0.507 e. The highest BCUT2D eigenvalue weighted by molar-refractivity contribution is 6.36. The van der Waals surface area contributed by atoms with E-state index in [0.29, 0.717) is 48.5 Å². The first-order valence-electron chi connectivity index (χ1n) is 17.4. The Morgan fingerprint density at radius 1 is 1.13 bits per heavy atom. The van der Waals surface area contributed by atoms with E-state index in [1.54, 1.807) is 6.07 Å². The van der Waals surface area contributed by atoms with Gasteiger partial charge in [0, 0.05) is 62.0 Å². The molecule has 3 aliphatic rings. The molecule has 52 heavy (non-hydrogen) atoms. The number of benzene rings is 3. The second-order valence-corrected chi connectivity index (χ2v) is 14.6. The SMILES string of the molecule is CC(CO)N1CCc2c(nc(C(=O)Nc3cccc(-c4cccc5c4CCC5Oc4cc(O)c(CNC5(C(=O)O)CCC5)c(F)c4Cl)c3Cl)n2C)C1. The molecule has 1 aliphatic heterocycles. The predicted octanol–water partition coefficient (Wildman–Crippen LogP) is 6.39. The summed E-state index contributed by atoms with van der Waals surface area (Å²) < 4.78 is 23.5. The summed E-state index contributed by atoms with van der Waals surface area (Å²) in [5, 5.41) is 35.9. The minimum absolute atomic E-state index is 0.00328. The summed E-state index contributed by atoms with van der Waals surface area (Å²) in [4.78, 5) is 32.1. The van der Waals surface area contributed by atoms with Gasteiger partial charge in [0.05, 0.1) is 23.0 Å². The van der Waals surface area contributed by atoms with Crippen molar-refractivity contribution in [2.24, 2.45) is 7.05 Å². The lowest BCUT2D eigenvalue weighted by Crippen LogP contribution is -2.56. The number of carboxylic acid groups (broad SMARTS) is 1. The van der Waals surface area contributed by atoms with Crippen molar-refractivity contribution in [1.29, 1.82) is 0 Å². The molecule has 0 bridgehead atoms. The van der Waals surface area contributed by atoms with Crippen molar-refractivity contribution in [3.05, 3.63) is 92.2 Å². The zero-order valence-electron chi connectivity index (χ0n) is 28.8. The Balaban J connectivity index is 1.09. The summed E-state index contributed by atoms with van der Waals surface area (Å²) in [6.45, 7) is 3.13. The number of rotatable bonds is 11. The first kappa shape index (κ1) is 36.2. The van der Waals surface area contributed by atoms with Gasteiger partial charge in [-0.25, -0.2) is 9.37 Å². The van der Waals surface area contributed by atoms with E-state index in [9.17, 15) is 24.9 Å². The molecule has 1 saturated carbocycles. The fraction of sp³-hybridized carbons (Fsp3) is 0.395. The molecule has 2 aliphatic carbocycles. The van der Waals surface area contributed by atoms with Crippen LogP contribution in [0.4, 0.5) is 10.1 Å². The lowest BCUT2D eigenvalue weighted by atomic mass is 9.76. The van der Waals surface area contributed by atoms with Gasteiger partial charge in [-0.1, -0.05) is 53.5 Å². The number of fused-ring (bicyclic) bond motifs is 2. The number of aromatic nitrogens is 2. The fourth-order valence-corrected chi connectivity index (χ4v) is 8.03. The van der Waals surface area contributed by atoms with E-state index in [1.165, 1.54) is 6.07 Å². The number of hydrogen-bond donors (Lipinski definition) is 5. The molecule has 5 N–H and O–H groups in total. The van der Waals surface area contributed by atoms with Gasteiger partial charge in [0.2, 0.25) is 0 Å². The molecule has 14 heteroatoms. The molecule has 2 heterocycles. The van der Waals surface area contributed by atoms with Crippen LogP contribution in [0.5, 0.6) is 11.5 Å². The molecule has 1 fully saturated rings. The van der Waals surface area contributed by atoms with E-state index in [4.69, 9.17) is 27.9 Å².